The van der Waals surface area contributed by atoms with Crippen molar-refractivity contribution in [3.8, 4) is 0 Å². The van der Waals surface area contributed by atoms with Crippen molar-refractivity contribution < 1.29 is 9.18 Å². The predicted octanol–water partition coefficient (Wildman–Crippen LogP) is 2.33. The van der Waals surface area contributed by atoms with Crippen LogP contribution in [-0.2, 0) is 0 Å². The second-order valence-corrected chi connectivity index (χ2v) is 4.11. The molecule has 0 radical (unpaired) electrons. The first kappa shape index (κ1) is 11.9. The second kappa shape index (κ2) is 4.33. The lowest BCUT2D eigenvalue weighted by Gasteiger charge is -2.23. The molecule has 17 heavy (non-hydrogen) atoms. The molecule has 90 valence electrons. The molecule has 2 amide bonds. The second-order valence-electron chi connectivity index (χ2n) is 3.67. The van der Waals surface area contributed by atoms with Crippen molar-refractivity contribution in [2.45, 2.75) is 13.0 Å². The summed E-state index contributed by atoms with van der Waals surface area (Å²) < 4.78 is 13.8. The van der Waals surface area contributed by atoms with E-state index in [0.29, 0.717) is 17.1 Å². The van der Waals surface area contributed by atoms with E-state index in [2.05, 4.69) is 4.99 Å². The fourth-order valence-corrected chi connectivity index (χ4v) is 2.03. The van der Waals surface area contributed by atoms with E-state index in [4.69, 9.17) is 17.3 Å². The Morgan fingerprint density at radius 2 is 2.29 bits per heavy atom. The highest BCUT2D eigenvalue weighted by molar-refractivity contribution is 6.30. The molecule has 2 N–H and O–H groups in total. The summed E-state index contributed by atoms with van der Waals surface area (Å²) >= 11 is 5.68. The zero-order valence-electron chi connectivity index (χ0n) is 9.15. The summed E-state index contributed by atoms with van der Waals surface area (Å²) in [7, 11) is 0. The van der Waals surface area contributed by atoms with Crippen LogP contribution in [0.5, 0.6) is 0 Å². The molecule has 4 nitrogen and oxygen atoms in total. The number of amidine groups is 1. The zero-order valence-corrected chi connectivity index (χ0v) is 9.91. The van der Waals surface area contributed by atoms with Gasteiger partial charge in [-0.15, -0.1) is 0 Å². The molecule has 1 atom stereocenters. The molecule has 0 aromatic heterocycles. The molecule has 0 saturated carbocycles. The average molecular weight is 256 g/mol. The largest absolute Gasteiger partial charge is 0.385 e. The van der Waals surface area contributed by atoms with Crippen LogP contribution in [0, 0.1) is 5.82 Å². The third-order valence-electron chi connectivity index (χ3n) is 2.66. The SMILES string of the molecule is CCN1C(=O)N=C(N)C1c1ccc(Cl)cc1F. The number of hydrogen-bond donors (Lipinski definition) is 1. The molecule has 0 spiro atoms. The number of benzene rings is 1. The van der Waals surface area contributed by atoms with E-state index in [1.807, 2.05) is 0 Å². The van der Waals surface area contributed by atoms with Crippen molar-refractivity contribution in [2.24, 2.45) is 10.7 Å². The van der Waals surface area contributed by atoms with Crippen molar-refractivity contribution in [3.05, 3.63) is 34.6 Å². The fourth-order valence-electron chi connectivity index (χ4n) is 1.87. The Hall–Kier alpha value is -1.62. The monoisotopic (exact) mass is 255 g/mol. The summed E-state index contributed by atoms with van der Waals surface area (Å²) in [4.78, 5) is 16.5. The highest BCUT2D eigenvalue weighted by atomic mass is 35.5. The zero-order chi connectivity index (χ0) is 12.6. The summed E-state index contributed by atoms with van der Waals surface area (Å²) in [5, 5.41) is 0.300. The minimum Gasteiger partial charge on any atom is -0.385 e. The van der Waals surface area contributed by atoms with Gasteiger partial charge < -0.3 is 10.6 Å². The van der Waals surface area contributed by atoms with Gasteiger partial charge in [-0.2, -0.15) is 4.99 Å². The standard InChI is InChI=1S/C11H11ClFN3O/c1-2-16-9(10(14)15-11(16)17)7-4-3-6(12)5-8(7)13/h3-5,9H,2H2,1H3,(H2,14,15,17). The summed E-state index contributed by atoms with van der Waals surface area (Å²) in [6, 6.07) is 3.20. The lowest BCUT2D eigenvalue weighted by molar-refractivity contribution is 0.209. The molecule has 1 heterocycles. The quantitative estimate of drug-likeness (QED) is 0.882. The van der Waals surface area contributed by atoms with E-state index >= 15 is 0 Å². The summed E-state index contributed by atoms with van der Waals surface area (Å²) in [6.45, 7) is 2.20. The number of likely N-dealkylation sites (N-methyl/N-ethyl adjacent to an activating group) is 1. The number of halogens is 2. The smallest absolute Gasteiger partial charge is 0.346 e. The van der Waals surface area contributed by atoms with Crippen LogP contribution >= 0.6 is 11.6 Å². The maximum atomic E-state index is 13.8. The Bertz CT molecular complexity index is 503. The van der Waals surface area contributed by atoms with E-state index in [1.54, 1.807) is 13.0 Å². The Labute approximate surface area is 103 Å². The van der Waals surface area contributed by atoms with Crippen LogP contribution in [0.25, 0.3) is 0 Å². The maximum absolute atomic E-state index is 13.8. The summed E-state index contributed by atoms with van der Waals surface area (Å²) in [5.41, 5.74) is 5.97. The van der Waals surface area contributed by atoms with E-state index < -0.39 is 17.9 Å². The fraction of sp³-hybridized carbons (Fsp3) is 0.273. The highest BCUT2D eigenvalue weighted by Crippen LogP contribution is 2.29. The van der Waals surface area contributed by atoms with E-state index in [0.717, 1.165) is 0 Å². The normalized spacial score (nSPS) is 19.7. The van der Waals surface area contributed by atoms with Crippen LogP contribution in [0.1, 0.15) is 18.5 Å². The summed E-state index contributed by atoms with van der Waals surface area (Å²) in [6.07, 6.45) is 0. The Balaban J connectivity index is 2.45. The molecule has 6 heteroatoms. The van der Waals surface area contributed by atoms with Gasteiger partial charge in [0, 0.05) is 17.1 Å². The Kier molecular flexibility index (Phi) is 3.02. The molecular formula is C11H11ClFN3O. The topological polar surface area (TPSA) is 58.7 Å². The van der Waals surface area contributed by atoms with Crippen molar-refractivity contribution in [1.82, 2.24) is 4.90 Å². The first-order valence-corrected chi connectivity index (χ1v) is 5.52. The van der Waals surface area contributed by atoms with Gasteiger partial charge in [0.15, 0.2) is 0 Å². The van der Waals surface area contributed by atoms with E-state index in [-0.39, 0.29) is 5.84 Å². The van der Waals surface area contributed by atoms with E-state index in [9.17, 15) is 9.18 Å². The number of urea groups is 1. The molecule has 1 unspecified atom stereocenters. The van der Waals surface area contributed by atoms with E-state index in [1.165, 1.54) is 17.0 Å². The van der Waals surface area contributed by atoms with Crippen molar-refractivity contribution in [1.29, 1.82) is 0 Å². The number of carbonyl (C=O) groups excluding carboxylic acids is 1. The molecule has 1 aliphatic rings. The van der Waals surface area contributed by atoms with Gasteiger partial charge in [0.2, 0.25) is 0 Å². The number of carbonyl (C=O) groups is 1. The minimum absolute atomic E-state index is 0.109. The number of hydrogen-bond acceptors (Lipinski definition) is 2. The third kappa shape index (κ3) is 1.98. The first-order valence-electron chi connectivity index (χ1n) is 5.14. The van der Waals surface area contributed by atoms with Crippen LogP contribution in [0.2, 0.25) is 5.02 Å². The van der Waals surface area contributed by atoms with Crippen molar-refractivity contribution in [2.75, 3.05) is 6.54 Å². The van der Waals surface area contributed by atoms with Gasteiger partial charge in [-0.25, -0.2) is 9.18 Å². The van der Waals surface area contributed by atoms with Gasteiger partial charge in [-0.3, -0.25) is 0 Å². The lowest BCUT2D eigenvalue weighted by atomic mass is 10.0. The highest BCUT2D eigenvalue weighted by Gasteiger charge is 2.34. The molecule has 0 bridgehead atoms. The predicted molar refractivity (Wildman–Crippen MR) is 63.5 cm³/mol. The molecule has 1 aliphatic heterocycles. The molecule has 0 aliphatic carbocycles. The van der Waals surface area contributed by atoms with Crippen LogP contribution in [0.15, 0.2) is 23.2 Å². The number of rotatable bonds is 2. The molecular weight excluding hydrogens is 245 g/mol. The van der Waals surface area contributed by atoms with Gasteiger partial charge >= 0.3 is 6.03 Å². The van der Waals surface area contributed by atoms with Crippen LogP contribution in [0.4, 0.5) is 9.18 Å². The molecule has 0 saturated heterocycles. The maximum Gasteiger partial charge on any atom is 0.346 e. The first-order chi connectivity index (χ1) is 8.04. The van der Waals surface area contributed by atoms with Crippen molar-refractivity contribution in [3.63, 3.8) is 0 Å². The van der Waals surface area contributed by atoms with Crippen LogP contribution < -0.4 is 5.73 Å². The average Bonchev–Trinajstić information content (AvgIpc) is 2.53. The van der Waals surface area contributed by atoms with Crippen LogP contribution in [-0.4, -0.2) is 23.3 Å². The third-order valence-corrected chi connectivity index (χ3v) is 2.90. The van der Waals surface area contributed by atoms with Gasteiger partial charge in [-0.1, -0.05) is 17.7 Å². The van der Waals surface area contributed by atoms with Crippen molar-refractivity contribution >= 4 is 23.5 Å². The molecule has 1 aromatic rings. The van der Waals surface area contributed by atoms with Gasteiger partial charge in [-0.05, 0) is 19.1 Å². The number of nitrogens with two attached hydrogens (primary N) is 1. The minimum atomic E-state index is -0.634. The Morgan fingerprint density at radius 1 is 1.59 bits per heavy atom. The van der Waals surface area contributed by atoms with Crippen LogP contribution in [0.3, 0.4) is 0 Å². The summed E-state index contributed by atoms with van der Waals surface area (Å²) in [5.74, 6) is -0.383. The lowest BCUT2D eigenvalue weighted by Crippen LogP contribution is -2.33. The number of aliphatic imine (C=N–C) groups is 1. The Morgan fingerprint density at radius 3 is 2.88 bits per heavy atom. The van der Waals surface area contributed by atoms with Gasteiger partial charge in [0.1, 0.15) is 17.7 Å². The molecule has 0 fully saturated rings. The number of amides is 2. The molecule has 2 rings (SSSR count). The number of nitrogens with zero attached hydrogens (tertiary/aromatic N) is 2. The molecule has 1 aromatic carbocycles. The van der Waals surface area contributed by atoms with Gasteiger partial charge in [0.25, 0.3) is 0 Å². The van der Waals surface area contributed by atoms with Gasteiger partial charge in [0.05, 0.1) is 0 Å².